The van der Waals surface area contributed by atoms with Crippen molar-refractivity contribution in [2.24, 2.45) is 0 Å². The second-order valence-electron chi connectivity index (χ2n) is 5.96. The van der Waals surface area contributed by atoms with Crippen LogP contribution in [0.2, 0.25) is 0 Å². The topological polar surface area (TPSA) is 68.6 Å². The van der Waals surface area contributed by atoms with Crippen LogP contribution in [0.15, 0.2) is 12.3 Å². The van der Waals surface area contributed by atoms with Crippen molar-refractivity contribution in [3.63, 3.8) is 0 Å². The highest BCUT2D eigenvalue weighted by atomic mass is 16.5. The monoisotopic (exact) mass is 332 g/mol. The van der Waals surface area contributed by atoms with Crippen molar-refractivity contribution in [1.82, 2.24) is 14.5 Å². The number of methoxy groups -OCH3 is 1. The fraction of sp³-hybridized carbons (Fsp3) is 0.529. The largest absolute Gasteiger partial charge is 0.383 e. The number of ether oxygens (including phenoxy) is 2. The van der Waals surface area contributed by atoms with Gasteiger partial charge in [0.15, 0.2) is 6.29 Å². The number of hydrogen-bond donors (Lipinski definition) is 1. The van der Waals surface area contributed by atoms with Gasteiger partial charge in [-0.15, -0.1) is 0 Å². The maximum Gasteiger partial charge on any atom is 0.153 e. The van der Waals surface area contributed by atoms with Crippen molar-refractivity contribution in [1.29, 1.82) is 0 Å². The molecule has 2 aromatic heterocycles. The van der Waals surface area contributed by atoms with Crippen molar-refractivity contribution < 1.29 is 14.3 Å². The van der Waals surface area contributed by atoms with Crippen LogP contribution in [-0.4, -0.2) is 67.2 Å². The second-order valence-corrected chi connectivity index (χ2v) is 5.96. The molecule has 0 atom stereocenters. The van der Waals surface area contributed by atoms with E-state index in [0.717, 1.165) is 68.1 Å². The molecule has 0 unspecified atom stereocenters. The summed E-state index contributed by atoms with van der Waals surface area (Å²) < 4.78 is 12.6. The van der Waals surface area contributed by atoms with E-state index in [2.05, 4.69) is 15.2 Å². The molecule has 130 valence electrons. The summed E-state index contributed by atoms with van der Waals surface area (Å²) in [6.07, 6.45) is 2.48. The summed E-state index contributed by atoms with van der Waals surface area (Å²) in [5.74, 6) is 0. The molecule has 0 spiro atoms. The molecule has 0 aliphatic carbocycles. The van der Waals surface area contributed by atoms with Gasteiger partial charge >= 0.3 is 0 Å². The van der Waals surface area contributed by atoms with Gasteiger partial charge in [-0.25, -0.2) is 4.98 Å². The van der Waals surface area contributed by atoms with Crippen molar-refractivity contribution >= 4 is 23.0 Å². The Hall–Kier alpha value is -1.96. The Morgan fingerprint density at radius 3 is 2.92 bits per heavy atom. The number of morpholine rings is 1. The van der Waals surface area contributed by atoms with Crippen molar-refractivity contribution in [3.8, 4) is 0 Å². The Kier molecular flexibility index (Phi) is 5.44. The Morgan fingerprint density at radius 2 is 2.21 bits per heavy atom. The molecule has 3 rings (SSSR count). The van der Waals surface area contributed by atoms with Crippen LogP contribution in [0.5, 0.6) is 0 Å². The molecule has 24 heavy (non-hydrogen) atoms. The average Bonchev–Trinajstić information content (AvgIpc) is 2.92. The SMILES string of the molecule is COCn1c(C)cc2c(NCCN3CCOCC3)c(C=O)cnc21. The minimum atomic E-state index is 0.440. The lowest BCUT2D eigenvalue weighted by Crippen LogP contribution is -2.39. The van der Waals surface area contributed by atoms with Gasteiger partial charge in [-0.3, -0.25) is 9.69 Å². The minimum Gasteiger partial charge on any atom is -0.383 e. The molecule has 1 aliphatic heterocycles. The van der Waals surface area contributed by atoms with E-state index in [4.69, 9.17) is 9.47 Å². The maximum absolute atomic E-state index is 11.4. The van der Waals surface area contributed by atoms with E-state index >= 15 is 0 Å². The fourth-order valence-electron chi connectivity index (χ4n) is 3.08. The smallest absolute Gasteiger partial charge is 0.153 e. The molecular formula is C17H24N4O3. The molecule has 0 bridgehead atoms. The lowest BCUT2D eigenvalue weighted by atomic mass is 10.2. The van der Waals surface area contributed by atoms with Crippen molar-refractivity contribution in [3.05, 3.63) is 23.5 Å². The number of nitrogens with one attached hydrogen (secondary N) is 1. The number of aryl methyl sites for hydroxylation is 1. The lowest BCUT2D eigenvalue weighted by Gasteiger charge is -2.26. The van der Waals surface area contributed by atoms with Gasteiger partial charge in [0, 0.05) is 50.6 Å². The van der Waals surface area contributed by atoms with Crippen LogP contribution in [0.25, 0.3) is 11.0 Å². The predicted octanol–water partition coefficient (Wildman–Crippen LogP) is 1.51. The number of carbonyl (C=O) groups excluding carboxylic acids is 1. The molecule has 1 saturated heterocycles. The van der Waals surface area contributed by atoms with E-state index in [1.165, 1.54) is 0 Å². The number of anilines is 1. The number of pyridine rings is 1. The Balaban J connectivity index is 1.81. The van der Waals surface area contributed by atoms with Crippen LogP contribution in [0, 0.1) is 6.92 Å². The van der Waals surface area contributed by atoms with E-state index in [-0.39, 0.29) is 0 Å². The first-order chi connectivity index (χ1) is 11.7. The average molecular weight is 332 g/mol. The zero-order chi connectivity index (χ0) is 16.9. The summed E-state index contributed by atoms with van der Waals surface area (Å²) in [7, 11) is 1.66. The maximum atomic E-state index is 11.4. The molecule has 1 fully saturated rings. The van der Waals surface area contributed by atoms with Gasteiger partial charge in [0.25, 0.3) is 0 Å². The summed E-state index contributed by atoms with van der Waals surface area (Å²) >= 11 is 0. The van der Waals surface area contributed by atoms with Gasteiger partial charge in [-0.1, -0.05) is 0 Å². The number of hydrogen-bond acceptors (Lipinski definition) is 6. The molecule has 1 N–H and O–H groups in total. The first-order valence-corrected chi connectivity index (χ1v) is 8.21. The summed E-state index contributed by atoms with van der Waals surface area (Å²) in [6.45, 7) is 7.64. The van der Waals surface area contributed by atoms with Crippen LogP contribution >= 0.6 is 0 Å². The predicted molar refractivity (Wildman–Crippen MR) is 92.6 cm³/mol. The van der Waals surface area contributed by atoms with Crippen LogP contribution in [0.4, 0.5) is 5.69 Å². The van der Waals surface area contributed by atoms with Gasteiger partial charge in [0.2, 0.25) is 0 Å². The Labute approximate surface area is 141 Å². The van der Waals surface area contributed by atoms with E-state index in [0.29, 0.717) is 12.3 Å². The zero-order valence-electron chi connectivity index (χ0n) is 14.2. The molecule has 7 nitrogen and oxygen atoms in total. The van der Waals surface area contributed by atoms with Crippen LogP contribution in [-0.2, 0) is 16.2 Å². The third-order valence-electron chi connectivity index (χ3n) is 4.38. The molecule has 3 heterocycles. The molecule has 7 heteroatoms. The summed E-state index contributed by atoms with van der Waals surface area (Å²) in [6, 6.07) is 2.05. The highest BCUT2D eigenvalue weighted by Crippen LogP contribution is 2.28. The number of rotatable bonds is 7. The molecule has 0 saturated carbocycles. The van der Waals surface area contributed by atoms with Crippen molar-refractivity contribution in [2.75, 3.05) is 51.8 Å². The number of carbonyl (C=O) groups is 1. The van der Waals surface area contributed by atoms with Crippen LogP contribution < -0.4 is 5.32 Å². The fourth-order valence-corrected chi connectivity index (χ4v) is 3.08. The van der Waals surface area contributed by atoms with E-state index in [1.54, 1.807) is 13.3 Å². The molecule has 0 amide bonds. The summed E-state index contributed by atoms with van der Waals surface area (Å²) in [4.78, 5) is 18.2. The van der Waals surface area contributed by atoms with Crippen LogP contribution in [0.1, 0.15) is 16.1 Å². The molecular weight excluding hydrogens is 308 g/mol. The highest BCUT2D eigenvalue weighted by Gasteiger charge is 2.15. The Morgan fingerprint density at radius 1 is 1.42 bits per heavy atom. The molecule has 0 aromatic carbocycles. The highest BCUT2D eigenvalue weighted by molar-refractivity contribution is 5.99. The van der Waals surface area contributed by atoms with Crippen LogP contribution in [0.3, 0.4) is 0 Å². The number of aromatic nitrogens is 2. The normalized spacial score (nSPS) is 15.8. The minimum absolute atomic E-state index is 0.440. The van der Waals surface area contributed by atoms with Gasteiger partial charge < -0.3 is 19.4 Å². The molecule has 0 radical (unpaired) electrons. The number of nitrogens with zero attached hydrogens (tertiary/aromatic N) is 3. The van der Waals surface area contributed by atoms with Gasteiger partial charge in [0.05, 0.1) is 24.5 Å². The van der Waals surface area contributed by atoms with Crippen molar-refractivity contribution in [2.45, 2.75) is 13.7 Å². The lowest BCUT2D eigenvalue weighted by molar-refractivity contribution is 0.0398. The summed E-state index contributed by atoms with van der Waals surface area (Å²) in [5.41, 5.74) is 3.31. The third-order valence-corrected chi connectivity index (χ3v) is 4.38. The molecule has 2 aromatic rings. The van der Waals surface area contributed by atoms with E-state index < -0.39 is 0 Å². The van der Waals surface area contributed by atoms with E-state index in [9.17, 15) is 4.79 Å². The number of aldehydes is 1. The zero-order valence-corrected chi connectivity index (χ0v) is 14.2. The van der Waals surface area contributed by atoms with Gasteiger partial charge in [-0.05, 0) is 13.0 Å². The second kappa shape index (κ2) is 7.74. The van der Waals surface area contributed by atoms with E-state index in [1.807, 2.05) is 17.6 Å². The summed E-state index contributed by atoms with van der Waals surface area (Å²) in [5, 5.41) is 4.38. The first-order valence-electron chi connectivity index (χ1n) is 8.21. The standard InChI is InChI=1S/C17H24N4O3/c1-13-9-15-16(18-3-4-20-5-7-24-8-6-20)14(11-22)10-19-17(15)21(13)12-23-2/h9-11H,3-8,12H2,1-2H3,(H,18,19). The first kappa shape index (κ1) is 16.9. The Bertz CT molecular complexity index is 707. The quantitative estimate of drug-likeness (QED) is 0.775. The third kappa shape index (κ3) is 3.43. The molecule has 1 aliphatic rings. The van der Waals surface area contributed by atoms with Gasteiger partial charge in [-0.2, -0.15) is 0 Å². The van der Waals surface area contributed by atoms with Gasteiger partial charge in [0.1, 0.15) is 12.4 Å². The number of fused-ring (bicyclic) bond motifs is 1.